The van der Waals surface area contributed by atoms with Crippen molar-refractivity contribution < 1.29 is 38.1 Å². The molecule has 1 rings (SSSR count). The lowest BCUT2D eigenvalue weighted by molar-refractivity contribution is -0.114. The highest BCUT2D eigenvalue weighted by Crippen LogP contribution is 2.31. The Labute approximate surface area is 189 Å². The van der Waals surface area contributed by atoms with Gasteiger partial charge in [-0.25, -0.2) is 9.59 Å². The summed E-state index contributed by atoms with van der Waals surface area (Å²) in [5, 5.41) is 2.73. The first kappa shape index (κ1) is 26.9. The van der Waals surface area contributed by atoms with Gasteiger partial charge in [0.25, 0.3) is 0 Å². The average molecular weight is 455 g/mol. The van der Waals surface area contributed by atoms with Crippen LogP contribution in [0.2, 0.25) is 0 Å². The van der Waals surface area contributed by atoms with Gasteiger partial charge in [0.2, 0.25) is 5.91 Å². The largest absolute Gasteiger partial charge is 0.508 e. The summed E-state index contributed by atoms with van der Waals surface area (Å²) in [4.78, 5) is 36.6. The number of carbonyl (C=O) groups excluding carboxylic acids is 3. The molecule has 0 atom stereocenters. The maximum Gasteiger partial charge on any atom is 0.508 e. The SMILES string of the molecule is CCCOC(=O)OCCN(CCOC(=O)OCCC)c1cc(NC(C)=O)ccc1OCC. The Morgan fingerprint density at radius 2 is 1.38 bits per heavy atom. The van der Waals surface area contributed by atoms with E-state index in [1.165, 1.54) is 6.92 Å². The van der Waals surface area contributed by atoms with Gasteiger partial charge < -0.3 is 33.9 Å². The number of hydrogen-bond acceptors (Lipinski definition) is 9. The van der Waals surface area contributed by atoms with E-state index in [0.29, 0.717) is 36.6 Å². The fourth-order valence-electron chi connectivity index (χ4n) is 2.61. The van der Waals surface area contributed by atoms with Crippen LogP contribution in [0.3, 0.4) is 0 Å². The molecule has 0 radical (unpaired) electrons. The van der Waals surface area contributed by atoms with Crippen molar-refractivity contribution in [1.29, 1.82) is 0 Å². The van der Waals surface area contributed by atoms with E-state index in [2.05, 4.69) is 5.32 Å². The molecule has 0 saturated carbocycles. The van der Waals surface area contributed by atoms with Crippen molar-refractivity contribution in [2.75, 3.05) is 56.3 Å². The van der Waals surface area contributed by atoms with Gasteiger partial charge in [0, 0.05) is 12.6 Å². The third kappa shape index (κ3) is 10.7. The monoisotopic (exact) mass is 454 g/mol. The highest BCUT2D eigenvalue weighted by Gasteiger charge is 2.16. The van der Waals surface area contributed by atoms with Crippen molar-refractivity contribution in [3.8, 4) is 5.75 Å². The van der Waals surface area contributed by atoms with Crippen LogP contribution in [0, 0.1) is 0 Å². The summed E-state index contributed by atoms with van der Waals surface area (Å²) >= 11 is 0. The molecule has 0 aliphatic carbocycles. The van der Waals surface area contributed by atoms with Crippen molar-refractivity contribution in [2.45, 2.75) is 40.5 Å². The van der Waals surface area contributed by atoms with Crippen molar-refractivity contribution >= 4 is 29.6 Å². The van der Waals surface area contributed by atoms with Gasteiger partial charge in [0.1, 0.15) is 19.0 Å². The number of benzene rings is 1. The quantitative estimate of drug-likeness (QED) is 0.417. The molecule has 10 nitrogen and oxygen atoms in total. The second-order valence-electron chi connectivity index (χ2n) is 6.68. The topological polar surface area (TPSA) is 113 Å². The molecule has 180 valence electrons. The van der Waals surface area contributed by atoms with Crippen LogP contribution in [0.4, 0.5) is 21.0 Å². The first-order valence-electron chi connectivity index (χ1n) is 10.8. The van der Waals surface area contributed by atoms with Crippen molar-refractivity contribution in [1.82, 2.24) is 0 Å². The Bertz CT molecular complexity index is 700. The predicted octanol–water partition coefficient (Wildman–Crippen LogP) is 3.98. The number of nitrogens with one attached hydrogen (secondary N) is 1. The lowest BCUT2D eigenvalue weighted by atomic mass is 10.2. The summed E-state index contributed by atoms with van der Waals surface area (Å²) in [7, 11) is 0. The molecule has 0 aromatic heterocycles. The number of ether oxygens (including phenoxy) is 5. The van der Waals surface area contributed by atoms with Gasteiger partial charge in [-0.1, -0.05) is 13.8 Å². The lowest BCUT2D eigenvalue weighted by Gasteiger charge is -2.27. The molecule has 0 unspecified atom stereocenters. The number of hydrogen-bond donors (Lipinski definition) is 1. The summed E-state index contributed by atoms with van der Waals surface area (Å²) in [6, 6.07) is 5.21. The summed E-state index contributed by atoms with van der Waals surface area (Å²) in [6.07, 6.45) is -0.104. The van der Waals surface area contributed by atoms with Crippen molar-refractivity contribution in [3.05, 3.63) is 18.2 Å². The molecule has 0 saturated heterocycles. The summed E-state index contributed by atoms with van der Waals surface area (Å²) in [6.45, 7) is 8.67. The van der Waals surface area contributed by atoms with Gasteiger partial charge in [-0.15, -0.1) is 0 Å². The number of nitrogens with zero attached hydrogens (tertiary/aromatic N) is 1. The van der Waals surface area contributed by atoms with E-state index in [-0.39, 0.29) is 45.4 Å². The maximum atomic E-state index is 11.6. The molecule has 0 spiro atoms. The van der Waals surface area contributed by atoms with Crippen LogP contribution >= 0.6 is 0 Å². The van der Waals surface area contributed by atoms with Gasteiger partial charge in [0.05, 0.1) is 38.6 Å². The van der Waals surface area contributed by atoms with E-state index >= 15 is 0 Å². The molecule has 10 heteroatoms. The van der Waals surface area contributed by atoms with Crippen LogP contribution in [-0.2, 0) is 23.7 Å². The summed E-state index contributed by atoms with van der Waals surface area (Å²) in [5.74, 6) is 0.361. The van der Waals surface area contributed by atoms with Crippen LogP contribution in [0.25, 0.3) is 0 Å². The van der Waals surface area contributed by atoms with Gasteiger partial charge in [0.15, 0.2) is 0 Å². The molecule has 1 aromatic rings. The Balaban J connectivity index is 2.94. The number of rotatable bonds is 14. The molecule has 0 fully saturated rings. The second kappa shape index (κ2) is 15.6. The number of anilines is 2. The van der Waals surface area contributed by atoms with Crippen molar-refractivity contribution in [3.63, 3.8) is 0 Å². The molecule has 1 N–H and O–H groups in total. The van der Waals surface area contributed by atoms with Gasteiger partial charge in [-0.3, -0.25) is 4.79 Å². The van der Waals surface area contributed by atoms with Crippen LogP contribution < -0.4 is 15.0 Å². The number of amides is 1. The van der Waals surface area contributed by atoms with Crippen LogP contribution in [0.1, 0.15) is 40.5 Å². The van der Waals surface area contributed by atoms with Crippen LogP contribution in [-0.4, -0.2) is 64.3 Å². The third-order valence-corrected chi connectivity index (χ3v) is 3.93. The Kier molecular flexibility index (Phi) is 13.1. The maximum absolute atomic E-state index is 11.6. The standard InChI is InChI=1S/C22H34N2O8/c1-5-12-29-21(26)31-14-10-24(11-15-32-22(27)30-13-6-2)19-16-18(23-17(4)25)8-9-20(19)28-7-3/h8-9,16H,5-7,10-15H2,1-4H3,(H,23,25). The zero-order valence-electron chi connectivity index (χ0n) is 19.3. The molecule has 1 amide bonds. The van der Waals surface area contributed by atoms with Gasteiger partial charge >= 0.3 is 12.3 Å². The first-order chi connectivity index (χ1) is 15.4. The van der Waals surface area contributed by atoms with Crippen LogP contribution in [0.15, 0.2) is 18.2 Å². The van der Waals surface area contributed by atoms with E-state index in [4.69, 9.17) is 23.7 Å². The molecule has 0 aliphatic heterocycles. The molecule has 0 bridgehead atoms. The van der Waals surface area contributed by atoms with Gasteiger partial charge in [-0.05, 0) is 38.0 Å². The molecule has 0 heterocycles. The summed E-state index contributed by atoms with van der Waals surface area (Å²) < 4.78 is 25.8. The fourth-order valence-corrected chi connectivity index (χ4v) is 2.61. The molecular formula is C22H34N2O8. The first-order valence-corrected chi connectivity index (χ1v) is 10.8. The average Bonchev–Trinajstić information content (AvgIpc) is 2.76. The van der Waals surface area contributed by atoms with E-state index in [0.717, 1.165) is 0 Å². The molecule has 32 heavy (non-hydrogen) atoms. The smallest absolute Gasteiger partial charge is 0.492 e. The van der Waals surface area contributed by atoms with Crippen LogP contribution in [0.5, 0.6) is 5.75 Å². The molecule has 0 aliphatic rings. The zero-order chi connectivity index (χ0) is 23.8. The summed E-state index contributed by atoms with van der Waals surface area (Å²) in [5.41, 5.74) is 1.22. The Hall–Kier alpha value is -3.17. The van der Waals surface area contributed by atoms with Gasteiger partial charge in [-0.2, -0.15) is 0 Å². The van der Waals surface area contributed by atoms with E-state index in [1.807, 2.05) is 25.7 Å². The molecule has 1 aromatic carbocycles. The fraction of sp³-hybridized carbons (Fsp3) is 0.591. The Morgan fingerprint density at radius 3 is 1.84 bits per heavy atom. The highest BCUT2D eigenvalue weighted by atomic mass is 16.7. The lowest BCUT2D eigenvalue weighted by Crippen LogP contribution is -2.33. The second-order valence-corrected chi connectivity index (χ2v) is 6.68. The highest BCUT2D eigenvalue weighted by molar-refractivity contribution is 5.89. The zero-order valence-corrected chi connectivity index (χ0v) is 19.3. The van der Waals surface area contributed by atoms with E-state index < -0.39 is 12.3 Å². The minimum Gasteiger partial charge on any atom is -0.492 e. The van der Waals surface area contributed by atoms with Crippen molar-refractivity contribution in [2.24, 2.45) is 0 Å². The third-order valence-electron chi connectivity index (χ3n) is 3.93. The Morgan fingerprint density at radius 1 is 0.844 bits per heavy atom. The van der Waals surface area contributed by atoms with E-state index in [9.17, 15) is 14.4 Å². The molecular weight excluding hydrogens is 420 g/mol. The minimum atomic E-state index is -0.747. The predicted molar refractivity (Wildman–Crippen MR) is 119 cm³/mol. The van der Waals surface area contributed by atoms with E-state index in [1.54, 1.807) is 18.2 Å². The minimum absolute atomic E-state index is 0.0404. The number of carbonyl (C=O) groups is 3. The normalized spacial score (nSPS) is 10.1.